The normalized spacial score (nSPS) is 23.3. The predicted molar refractivity (Wildman–Crippen MR) is 71.7 cm³/mol. The molecule has 2 heterocycles. The lowest BCUT2D eigenvalue weighted by atomic mass is 10.2. The van der Waals surface area contributed by atoms with Crippen molar-refractivity contribution in [1.82, 2.24) is 10.3 Å². The van der Waals surface area contributed by atoms with Gasteiger partial charge in [0.2, 0.25) is 0 Å². The quantitative estimate of drug-likeness (QED) is 0.857. The number of ether oxygens (including phenoxy) is 1. The van der Waals surface area contributed by atoms with Crippen molar-refractivity contribution in [1.29, 1.82) is 0 Å². The SMILES string of the molecule is CN(c1cccc(CNC2CC2)n1)C1CCOC1. The Hall–Kier alpha value is -1.13. The van der Waals surface area contributed by atoms with E-state index in [1.807, 2.05) is 0 Å². The molecule has 1 saturated carbocycles. The van der Waals surface area contributed by atoms with Gasteiger partial charge in [-0.15, -0.1) is 0 Å². The zero-order valence-corrected chi connectivity index (χ0v) is 10.9. The fraction of sp³-hybridized carbons (Fsp3) is 0.643. The minimum atomic E-state index is 0.476. The summed E-state index contributed by atoms with van der Waals surface area (Å²) in [5, 5.41) is 3.50. The van der Waals surface area contributed by atoms with Crippen LogP contribution in [0.2, 0.25) is 0 Å². The van der Waals surface area contributed by atoms with Crippen LogP contribution in [0.5, 0.6) is 0 Å². The monoisotopic (exact) mass is 247 g/mol. The number of aromatic nitrogens is 1. The molecule has 4 nitrogen and oxygen atoms in total. The van der Waals surface area contributed by atoms with Gasteiger partial charge in [0.05, 0.1) is 18.3 Å². The van der Waals surface area contributed by atoms with Crippen LogP contribution in [0.3, 0.4) is 0 Å². The lowest BCUT2D eigenvalue weighted by molar-refractivity contribution is 0.193. The maximum absolute atomic E-state index is 5.44. The van der Waals surface area contributed by atoms with E-state index in [9.17, 15) is 0 Å². The van der Waals surface area contributed by atoms with Crippen LogP contribution in [0.15, 0.2) is 18.2 Å². The van der Waals surface area contributed by atoms with Crippen LogP contribution in [0.4, 0.5) is 5.82 Å². The van der Waals surface area contributed by atoms with Gasteiger partial charge < -0.3 is 15.0 Å². The molecule has 18 heavy (non-hydrogen) atoms. The number of pyridine rings is 1. The van der Waals surface area contributed by atoms with E-state index < -0.39 is 0 Å². The molecule has 0 bridgehead atoms. The highest BCUT2D eigenvalue weighted by atomic mass is 16.5. The molecule has 1 N–H and O–H groups in total. The van der Waals surface area contributed by atoms with Crippen molar-refractivity contribution >= 4 is 5.82 Å². The third-order valence-corrected chi connectivity index (χ3v) is 3.76. The lowest BCUT2D eigenvalue weighted by Gasteiger charge is -2.24. The smallest absolute Gasteiger partial charge is 0.128 e. The second kappa shape index (κ2) is 5.24. The first-order valence-electron chi connectivity index (χ1n) is 6.83. The van der Waals surface area contributed by atoms with Crippen molar-refractivity contribution in [2.24, 2.45) is 0 Å². The Balaban J connectivity index is 1.64. The molecule has 1 unspecified atom stereocenters. The summed E-state index contributed by atoms with van der Waals surface area (Å²) in [6.45, 7) is 2.58. The van der Waals surface area contributed by atoms with Gasteiger partial charge in [0.1, 0.15) is 5.82 Å². The topological polar surface area (TPSA) is 37.4 Å². The Labute approximate surface area is 108 Å². The first-order valence-corrected chi connectivity index (χ1v) is 6.83. The highest BCUT2D eigenvalue weighted by molar-refractivity contribution is 5.39. The molecule has 0 radical (unpaired) electrons. The number of anilines is 1. The Bertz CT molecular complexity index is 400. The van der Waals surface area contributed by atoms with E-state index in [4.69, 9.17) is 9.72 Å². The first-order chi connectivity index (χ1) is 8.83. The van der Waals surface area contributed by atoms with Crippen molar-refractivity contribution < 1.29 is 4.74 Å². The fourth-order valence-electron chi connectivity index (χ4n) is 2.31. The average molecular weight is 247 g/mol. The molecule has 1 aliphatic heterocycles. The van der Waals surface area contributed by atoms with Gasteiger partial charge in [-0.2, -0.15) is 0 Å². The minimum absolute atomic E-state index is 0.476. The maximum atomic E-state index is 5.44. The minimum Gasteiger partial charge on any atom is -0.379 e. The molecule has 4 heteroatoms. The Morgan fingerprint density at radius 2 is 2.28 bits per heavy atom. The first kappa shape index (κ1) is 11.9. The molecule has 1 atom stereocenters. The second-order valence-corrected chi connectivity index (χ2v) is 5.27. The van der Waals surface area contributed by atoms with Crippen molar-refractivity contribution in [2.75, 3.05) is 25.2 Å². The molecule has 3 rings (SSSR count). The highest BCUT2D eigenvalue weighted by Gasteiger charge is 2.22. The van der Waals surface area contributed by atoms with Gasteiger partial charge in [0.15, 0.2) is 0 Å². The number of hydrogen-bond acceptors (Lipinski definition) is 4. The van der Waals surface area contributed by atoms with Crippen LogP contribution >= 0.6 is 0 Å². The number of likely N-dealkylation sites (N-methyl/N-ethyl adjacent to an activating group) is 1. The number of hydrogen-bond donors (Lipinski definition) is 1. The molecular formula is C14H21N3O. The fourth-order valence-corrected chi connectivity index (χ4v) is 2.31. The van der Waals surface area contributed by atoms with Gasteiger partial charge in [-0.25, -0.2) is 4.98 Å². The molecule has 2 aliphatic rings. The van der Waals surface area contributed by atoms with Gasteiger partial charge in [-0.3, -0.25) is 0 Å². The molecule has 98 valence electrons. The Kier molecular flexibility index (Phi) is 3.48. The molecule has 0 spiro atoms. The van der Waals surface area contributed by atoms with E-state index in [0.717, 1.165) is 43.7 Å². The van der Waals surface area contributed by atoms with Gasteiger partial charge in [0, 0.05) is 26.2 Å². The summed E-state index contributed by atoms with van der Waals surface area (Å²) in [5.41, 5.74) is 1.13. The van der Waals surface area contributed by atoms with Gasteiger partial charge in [-0.1, -0.05) is 6.07 Å². The Morgan fingerprint density at radius 3 is 3.00 bits per heavy atom. The second-order valence-electron chi connectivity index (χ2n) is 5.27. The van der Waals surface area contributed by atoms with Crippen LogP contribution in [-0.4, -0.2) is 37.3 Å². The predicted octanol–water partition coefficient (Wildman–Crippen LogP) is 1.56. The zero-order valence-electron chi connectivity index (χ0n) is 10.9. The molecule has 1 aromatic heterocycles. The summed E-state index contributed by atoms with van der Waals surface area (Å²) in [5.74, 6) is 1.06. The van der Waals surface area contributed by atoms with Crippen molar-refractivity contribution in [3.8, 4) is 0 Å². The van der Waals surface area contributed by atoms with Gasteiger partial charge >= 0.3 is 0 Å². The molecule has 2 fully saturated rings. The summed E-state index contributed by atoms with van der Waals surface area (Å²) < 4.78 is 5.44. The summed E-state index contributed by atoms with van der Waals surface area (Å²) in [4.78, 5) is 6.97. The van der Waals surface area contributed by atoms with E-state index in [1.165, 1.54) is 12.8 Å². The molecule has 0 amide bonds. The number of nitrogens with zero attached hydrogens (tertiary/aromatic N) is 2. The van der Waals surface area contributed by atoms with E-state index in [0.29, 0.717) is 6.04 Å². The molecule has 1 saturated heterocycles. The Morgan fingerprint density at radius 1 is 1.39 bits per heavy atom. The van der Waals surface area contributed by atoms with E-state index in [2.05, 4.69) is 35.5 Å². The van der Waals surface area contributed by atoms with Crippen molar-refractivity contribution in [2.45, 2.75) is 37.9 Å². The van der Waals surface area contributed by atoms with Crippen LogP contribution in [0.1, 0.15) is 25.0 Å². The van der Waals surface area contributed by atoms with Crippen LogP contribution in [0.25, 0.3) is 0 Å². The van der Waals surface area contributed by atoms with Crippen LogP contribution < -0.4 is 10.2 Å². The summed E-state index contributed by atoms with van der Waals surface area (Å²) in [7, 11) is 2.11. The standard InChI is InChI=1S/C14H21N3O/c1-17(13-7-8-18-10-13)14-4-2-3-12(16-14)9-15-11-5-6-11/h2-4,11,13,15H,5-10H2,1H3. The average Bonchev–Trinajstić information content (AvgIpc) is 3.08. The van der Waals surface area contributed by atoms with E-state index in [1.54, 1.807) is 0 Å². The maximum Gasteiger partial charge on any atom is 0.128 e. The van der Waals surface area contributed by atoms with Crippen molar-refractivity contribution in [3.63, 3.8) is 0 Å². The zero-order chi connectivity index (χ0) is 12.4. The molecular weight excluding hydrogens is 226 g/mol. The third kappa shape index (κ3) is 2.82. The van der Waals surface area contributed by atoms with Crippen LogP contribution in [0, 0.1) is 0 Å². The van der Waals surface area contributed by atoms with Gasteiger partial charge in [-0.05, 0) is 31.4 Å². The molecule has 0 aromatic carbocycles. The summed E-state index contributed by atoms with van der Waals surface area (Å²) >= 11 is 0. The lowest BCUT2D eigenvalue weighted by Crippen LogP contribution is -2.32. The van der Waals surface area contributed by atoms with Gasteiger partial charge in [0.25, 0.3) is 0 Å². The molecule has 1 aliphatic carbocycles. The molecule has 1 aromatic rings. The third-order valence-electron chi connectivity index (χ3n) is 3.76. The highest BCUT2D eigenvalue weighted by Crippen LogP contribution is 2.20. The van der Waals surface area contributed by atoms with E-state index >= 15 is 0 Å². The van der Waals surface area contributed by atoms with E-state index in [-0.39, 0.29) is 0 Å². The summed E-state index contributed by atoms with van der Waals surface area (Å²) in [6.07, 6.45) is 3.74. The van der Waals surface area contributed by atoms with Crippen LogP contribution in [-0.2, 0) is 11.3 Å². The largest absolute Gasteiger partial charge is 0.379 e. The number of rotatable bonds is 5. The number of nitrogens with one attached hydrogen (secondary N) is 1. The summed E-state index contributed by atoms with van der Waals surface area (Å²) in [6, 6.07) is 7.48. The van der Waals surface area contributed by atoms with Crippen molar-refractivity contribution in [3.05, 3.63) is 23.9 Å².